The first-order valence-corrected chi connectivity index (χ1v) is 14.6. The molecule has 1 N–H and O–H groups in total. The summed E-state index contributed by atoms with van der Waals surface area (Å²) in [4.78, 5) is 4.47. The molecular weight excluding hydrogens is 402 g/mol. The van der Waals surface area contributed by atoms with Crippen LogP contribution in [-0.2, 0) is 17.9 Å². The first kappa shape index (κ1) is 21.7. The van der Waals surface area contributed by atoms with Gasteiger partial charge in [-0.25, -0.2) is 4.68 Å². The molecule has 2 aromatic heterocycles. The van der Waals surface area contributed by atoms with Gasteiger partial charge in [-0.1, -0.05) is 50.0 Å². The fourth-order valence-corrected chi connectivity index (χ4v) is 4.52. The standard InChI is InChI=1S/C25H31N3O2Si/c1-18-11-19(13-24(29)23-14-20-7-5-6-8-21(20)15-26-23)12-22-16-28(27-25(18)22)17-30-9-10-31(2,3)4/h5-8,11-12,14-16,24,29H,9-10,13,17H2,1-4H3. The van der Waals surface area contributed by atoms with Crippen LogP contribution in [-0.4, -0.2) is 34.6 Å². The van der Waals surface area contributed by atoms with Crippen molar-refractivity contribution in [3.8, 4) is 0 Å². The maximum atomic E-state index is 10.8. The Labute approximate surface area is 184 Å². The average molecular weight is 434 g/mol. The Hall–Kier alpha value is -2.54. The number of fused-ring (bicyclic) bond motifs is 2. The topological polar surface area (TPSA) is 60.2 Å². The number of aryl methyl sites for hydroxylation is 1. The maximum Gasteiger partial charge on any atom is 0.139 e. The molecule has 0 fully saturated rings. The molecule has 2 heterocycles. The van der Waals surface area contributed by atoms with E-state index in [2.05, 4.69) is 48.8 Å². The van der Waals surface area contributed by atoms with Crippen LogP contribution in [0.25, 0.3) is 21.7 Å². The zero-order valence-corrected chi connectivity index (χ0v) is 19.8. The number of hydrogen-bond donors (Lipinski definition) is 1. The van der Waals surface area contributed by atoms with Crippen molar-refractivity contribution < 1.29 is 9.84 Å². The lowest BCUT2D eigenvalue weighted by Gasteiger charge is -2.15. The van der Waals surface area contributed by atoms with Gasteiger partial charge in [-0.05, 0) is 41.6 Å². The van der Waals surface area contributed by atoms with Gasteiger partial charge in [0.2, 0.25) is 0 Å². The Morgan fingerprint density at radius 1 is 1.06 bits per heavy atom. The van der Waals surface area contributed by atoms with Crippen molar-refractivity contribution in [1.29, 1.82) is 0 Å². The van der Waals surface area contributed by atoms with E-state index < -0.39 is 14.2 Å². The van der Waals surface area contributed by atoms with Crippen LogP contribution in [0.4, 0.5) is 0 Å². The first-order valence-electron chi connectivity index (χ1n) is 10.9. The summed E-state index contributed by atoms with van der Waals surface area (Å²) < 4.78 is 7.71. The SMILES string of the molecule is Cc1cc(CC(O)c2cc3ccccc3cn2)cc2cn(COCC[Si](C)(C)C)nc12. The number of hydrogen-bond acceptors (Lipinski definition) is 4. The summed E-state index contributed by atoms with van der Waals surface area (Å²) in [6, 6.07) is 15.4. The van der Waals surface area contributed by atoms with E-state index in [1.807, 2.05) is 47.4 Å². The Balaban J connectivity index is 1.47. The normalized spacial score (nSPS) is 13.2. The summed E-state index contributed by atoms with van der Waals surface area (Å²) in [6.07, 6.45) is 3.72. The monoisotopic (exact) mass is 433 g/mol. The zero-order chi connectivity index (χ0) is 22.0. The molecule has 162 valence electrons. The summed E-state index contributed by atoms with van der Waals surface area (Å²) in [6.45, 7) is 10.4. The molecule has 31 heavy (non-hydrogen) atoms. The molecule has 0 aliphatic carbocycles. The van der Waals surface area contributed by atoms with Gasteiger partial charge in [0.1, 0.15) is 6.73 Å². The van der Waals surface area contributed by atoms with Crippen LogP contribution in [0.1, 0.15) is 22.9 Å². The van der Waals surface area contributed by atoms with Crippen LogP contribution in [0.5, 0.6) is 0 Å². The van der Waals surface area contributed by atoms with E-state index in [-0.39, 0.29) is 0 Å². The van der Waals surface area contributed by atoms with Crippen molar-refractivity contribution in [3.63, 3.8) is 0 Å². The van der Waals surface area contributed by atoms with E-state index >= 15 is 0 Å². The minimum Gasteiger partial charge on any atom is -0.386 e. The molecular formula is C25H31N3O2Si. The van der Waals surface area contributed by atoms with Crippen LogP contribution < -0.4 is 0 Å². The van der Waals surface area contributed by atoms with Gasteiger partial charge in [0.25, 0.3) is 0 Å². The Morgan fingerprint density at radius 3 is 2.61 bits per heavy atom. The third-order valence-electron chi connectivity index (χ3n) is 5.55. The van der Waals surface area contributed by atoms with Gasteiger partial charge in [-0.2, -0.15) is 5.10 Å². The lowest BCUT2D eigenvalue weighted by molar-refractivity contribution is 0.0791. The highest BCUT2D eigenvalue weighted by Crippen LogP contribution is 2.25. The molecule has 0 amide bonds. The molecule has 4 rings (SSSR count). The van der Waals surface area contributed by atoms with Crippen LogP contribution in [0.3, 0.4) is 0 Å². The number of aromatic nitrogens is 3. The molecule has 2 aromatic carbocycles. The maximum absolute atomic E-state index is 10.8. The van der Waals surface area contributed by atoms with Crippen LogP contribution in [0.15, 0.2) is 54.9 Å². The van der Waals surface area contributed by atoms with E-state index in [1.165, 1.54) is 0 Å². The molecule has 0 radical (unpaired) electrons. The van der Waals surface area contributed by atoms with Crippen molar-refractivity contribution in [2.45, 2.75) is 51.9 Å². The summed E-state index contributed by atoms with van der Waals surface area (Å²) in [5.41, 5.74) is 3.86. The third-order valence-corrected chi connectivity index (χ3v) is 7.25. The Morgan fingerprint density at radius 2 is 1.84 bits per heavy atom. The number of pyridine rings is 1. The molecule has 0 saturated heterocycles. The molecule has 0 saturated carbocycles. The third kappa shape index (κ3) is 5.39. The fourth-order valence-electron chi connectivity index (χ4n) is 3.77. The second kappa shape index (κ2) is 8.90. The molecule has 0 aliphatic heterocycles. The summed E-state index contributed by atoms with van der Waals surface area (Å²) in [5, 5.41) is 18.7. The molecule has 6 heteroatoms. The van der Waals surface area contributed by atoms with E-state index in [4.69, 9.17) is 4.74 Å². The minimum absolute atomic E-state index is 0.470. The van der Waals surface area contributed by atoms with Crippen molar-refractivity contribution in [2.75, 3.05) is 6.61 Å². The molecule has 1 atom stereocenters. The predicted octanol–water partition coefficient (Wildman–Crippen LogP) is 5.48. The number of nitrogens with zero attached hydrogens (tertiary/aromatic N) is 3. The smallest absolute Gasteiger partial charge is 0.139 e. The Kier molecular flexibility index (Phi) is 6.23. The van der Waals surface area contributed by atoms with Crippen molar-refractivity contribution in [1.82, 2.24) is 14.8 Å². The van der Waals surface area contributed by atoms with Gasteiger partial charge in [0.15, 0.2) is 0 Å². The van der Waals surface area contributed by atoms with Crippen molar-refractivity contribution in [3.05, 3.63) is 71.7 Å². The number of ether oxygens (including phenoxy) is 1. The van der Waals surface area contributed by atoms with Gasteiger partial charge in [0.05, 0.1) is 17.3 Å². The highest BCUT2D eigenvalue weighted by Gasteiger charge is 2.14. The predicted molar refractivity (Wildman–Crippen MR) is 129 cm³/mol. The number of aliphatic hydroxyl groups excluding tert-OH is 1. The molecule has 5 nitrogen and oxygen atoms in total. The second-order valence-electron chi connectivity index (χ2n) is 9.54. The highest BCUT2D eigenvalue weighted by atomic mass is 28.3. The summed E-state index contributed by atoms with van der Waals surface area (Å²) >= 11 is 0. The molecule has 0 aliphatic rings. The van der Waals surface area contributed by atoms with Crippen molar-refractivity contribution >= 4 is 29.7 Å². The van der Waals surface area contributed by atoms with E-state index in [9.17, 15) is 5.11 Å². The van der Waals surface area contributed by atoms with Gasteiger partial charge >= 0.3 is 0 Å². The average Bonchev–Trinajstić information content (AvgIpc) is 3.13. The summed E-state index contributed by atoms with van der Waals surface area (Å²) in [5.74, 6) is 0. The first-order chi connectivity index (χ1) is 14.8. The van der Waals surface area contributed by atoms with Crippen molar-refractivity contribution in [2.24, 2.45) is 0 Å². The van der Waals surface area contributed by atoms with E-state index in [0.717, 1.165) is 45.5 Å². The van der Waals surface area contributed by atoms with Crippen LogP contribution in [0, 0.1) is 6.92 Å². The van der Waals surface area contributed by atoms with Gasteiger partial charge in [0, 0.05) is 44.3 Å². The molecule has 4 aromatic rings. The Bertz CT molecular complexity index is 1200. The van der Waals surface area contributed by atoms with E-state index in [0.29, 0.717) is 18.8 Å². The number of benzene rings is 2. The van der Waals surface area contributed by atoms with Gasteiger partial charge < -0.3 is 9.84 Å². The second-order valence-corrected chi connectivity index (χ2v) is 15.2. The minimum atomic E-state index is -1.09. The molecule has 1 unspecified atom stereocenters. The van der Waals surface area contributed by atoms with Crippen LogP contribution >= 0.6 is 0 Å². The van der Waals surface area contributed by atoms with E-state index in [1.54, 1.807) is 0 Å². The number of aliphatic hydroxyl groups is 1. The molecule has 0 spiro atoms. The summed E-state index contributed by atoms with van der Waals surface area (Å²) in [7, 11) is -1.09. The fraction of sp³-hybridized carbons (Fsp3) is 0.360. The van der Waals surface area contributed by atoms with Gasteiger partial charge in [-0.15, -0.1) is 0 Å². The zero-order valence-electron chi connectivity index (χ0n) is 18.8. The quantitative estimate of drug-likeness (QED) is 0.295. The lowest BCUT2D eigenvalue weighted by atomic mass is 10.0. The lowest BCUT2D eigenvalue weighted by Crippen LogP contribution is -2.22. The highest BCUT2D eigenvalue weighted by molar-refractivity contribution is 6.76. The van der Waals surface area contributed by atoms with Gasteiger partial charge in [-0.3, -0.25) is 4.98 Å². The largest absolute Gasteiger partial charge is 0.386 e. The molecule has 0 bridgehead atoms. The van der Waals surface area contributed by atoms with Crippen LogP contribution in [0.2, 0.25) is 25.7 Å². The number of rotatable bonds is 8.